The van der Waals surface area contributed by atoms with E-state index in [1.165, 1.54) is 0 Å². The van der Waals surface area contributed by atoms with E-state index in [-0.39, 0.29) is 17.4 Å². The second kappa shape index (κ2) is 5.44. The van der Waals surface area contributed by atoms with Gasteiger partial charge >= 0.3 is 0 Å². The van der Waals surface area contributed by atoms with Gasteiger partial charge in [-0.2, -0.15) is 0 Å². The van der Waals surface area contributed by atoms with Crippen molar-refractivity contribution in [3.05, 3.63) is 46.5 Å². The quantitative estimate of drug-likeness (QED) is 0.855. The number of benzene rings is 1. The van der Waals surface area contributed by atoms with E-state index in [1.54, 1.807) is 4.57 Å². The van der Waals surface area contributed by atoms with Gasteiger partial charge in [-0.3, -0.25) is 4.57 Å². The maximum atomic E-state index is 13.5. The molecule has 0 spiro atoms. The smallest absolute Gasteiger partial charge is 0.225 e. The van der Waals surface area contributed by atoms with E-state index >= 15 is 0 Å². The van der Waals surface area contributed by atoms with Crippen molar-refractivity contribution >= 4 is 11.6 Å². The number of halogens is 3. The second-order valence-electron chi connectivity index (χ2n) is 3.96. The van der Waals surface area contributed by atoms with Gasteiger partial charge in [0.15, 0.2) is 0 Å². The molecule has 0 aliphatic rings. The summed E-state index contributed by atoms with van der Waals surface area (Å²) in [5.74, 6) is -0.276. The Labute approximate surface area is 108 Å². The molecule has 18 heavy (non-hydrogen) atoms. The molecule has 0 unspecified atom stereocenters. The van der Waals surface area contributed by atoms with E-state index in [2.05, 4.69) is 10.2 Å². The Morgan fingerprint density at radius 2 is 2.06 bits per heavy atom. The van der Waals surface area contributed by atoms with Crippen LogP contribution in [0.15, 0.2) is 18.2 Å². The van der Waals surface area contributed by atoms with Gasteiger partial charge in [0.2, 0.25) is 5.28 Å². The van der Waals surface area contributed by atoms with E-state index < -0.39 is 11.6 Å². The molecule has 0 fully saturated rings. The van der Waals surface area contributed by atoms with Gasteiger partial charge in [0.1, 0.15) is 17.5 Å². The van der Waals surface area contributed by atoms with Gasteiger partial charge in [-0.05, 0) is 36.2 Å². The molecule has 0 amide bonds. The fourth-order valence-corrected chi connectivity index (χ4v) is 1.91. The summed E-state index contributed by atoms with van der Waals surface area (Å²) < 4.78 is 28.2. The Hall–Kier alpha value is -1.49. The first-order chi connectivity index (χ1) is 8.61. The van der Waals surface area contributed by atoms with Crippen LogP contribution in [-0.4, -0.2) is 14.8 Å². The fourth-order valence-electron chi connectivity index (χ4n) is 1.71. The average molecular weight is 272 g/mol. The van der Waals surface area contributed by atoms with Crippen molar-refractivity contribution < 1.29 is 8.78 Å². The molecular formula is C12H12ClF2N3. The average Bonchev–Trinajstić information content (AvgIpc) is 2.67. The topological polar surface area (TPSA) is 30.7 Å². The highest BCUT2D eigenvalue weighted by molar-refractivity contribution is 6.28. The van der Waals surface area contributed by atoms with Crippen LogP contribution in [0.1, 0.15) is 24.7 Å². The van der Waals surface area contributed by atoms with Crippen molar-refractivity contribution in [3.63, 3.8) is 0 Å². The molecule has 6 heteroatoms. The fraction of sp³-hybridized carbons (Fsp3) is 0.333. The third kappa shape index (κ3) is 2.67. The lowest BCUT2D eigenvalue weighted by Gasteiger charge is -2.08. The number of hydrogen-bond acceptors (Lipinski definition) is 2. The van der Waals surface area contributed by atoms with Crippen LogP contribution in [0, 0.1) is 11.6 Å². The maximum Gasteiger partial charge on any atom is 0.225 e. The molecule has 3 nitrogen and oxygen atoms in total. The number of aryl methyl sites for hydroxylation is 1. The standard InChI is InChI=1S/C12H12ClF2N3/c1-2-3-11-16-17-12(13)18(11)7-8-6-9(14)4-5-10(8)15/h4-6H,2-3,7H2,1H3. The minimum atomic E-state index is -0.479. The predicted molar refractivity (Wildman–Crippen MR) is 64.5 cm³/mol. The Morgan fingerprint density at radius 1 is 1.28 bits per heavy atom. The van der Waals surface area contributed by atoms with E-state index in [1.807, 2.05) is 6.92 Å². The Morgan fingerprint density at radius 3 is 2.78 bits per heavy atom. The van der Waals surface area contributed by atoms with Crippen molar-refractivity contribution in [1.29, 1.82) is 0 Å². The SMILES string of the molecule is CCCc1nnc(Cl)n1Cc1cc(F)ccc1F. The van der Waals surface area contributed by atoms with Gasteiger partial charge in [0, 0.05) is 12.0 Å². The van der Waals surface area contributed by atoms with Gasteiger partial charge in [-0.15, -0.1) is 10.2 Å². The summed E-state index contributed by atoms with van der Waals surface area (Å²) in [4.78, 5) is 0. The van der Waals surface area contributed by atoms with E-state index in [4.69, 9.17) is 11.6 Å². The van der Waals surface area contributed by atoms with Crippen LogP contribution in [0.5, 0.6) is 0 Å². The lowest BCUT2D eigenvalue weighted by Crippen LogP contribution is -2.07. The van der Waals surface area contributed by atoms with Crippen LogP contribution < -0.4 is 0 Å². The summed E-state index contributed by atoms with van der Waals surface area (Å²) in [5.41, 5.74) is 0.231. The molecule has 0 saturated heterocycles. The molecular weight excluding hydrogens is 260 g/mol. The summed E-state index contributed by atoms with van der Waals surface area (Å²) in [6.07, 6.45) is 1.57. The Kier molecular flexibility index (Phi) is 3.91. The maximum absolute atomic E-state index is 13.5. The van der Waals surface area contributed by atoms with E-state index in [9.17, 15) is 8.78 Å². The zero-order valence-corrected chi connectivity index (χ0v) is 10.6. The van der Waals surface area contributed by atoms with Crippen molar-refractivity contribution in [2.24, 2.45) is 0 Å². The molecule has 1 aromatic carbocycles. The summed E-state index contributed by atoms with van der Waals surface area (Å²) >= 11 is 5.90. The van der Waals surface area contributed by atoms with Gasteiger partial charge in [0.25, 0.3) is 0 Å². The van der Waals surface area contributed by atoms with Gasteiger partial charge in [-0.1, -0.05) is 6.92 Å². The molecule has 96 valence electrons. The first kappa shape index (κ1) is 13.0. The molecule has 0 aliphatic carbocycles. The van der Waals surface area contributed by atoms with Gasteiger partial charge in [-0.25, -0.2) is 8.78 Å². The summed E-state index contributed by atoms with van der Waals surface area (Å²) in [5, 5.41) is 7.85. The van der Waals surface area contributed by atoms with Crippen molar-refractivity contribution in [3.8, 4) is 0 Å². The molecule has 2 rings (SSSR count). The van der Waals surface area contributed by atoms with Crippen LogP contribution >= 0.6 is 11.6 Å². The Balaban J connectivity index is 2.33. The van der Waals surface area contributed by atoms with Gasteiger partial charge in [0.05, 0.1) is 6.54 Å². The van der Waals surface area contributed by atoms with Crippen molar-refractivity contribution in [2.45, 2.75) is 26.3 Å². The lowest BCUT2D eigenvalue weighted by atomic mass is 10.2. The highest BCUT2D eigenvalue weighted by Crippen LogP contribution is 2.16. The number of aromatic nitrogens is 3. The molecule has 1 heterocycles. The molecule has 0 aliphatic heterocycles. The summed E-state index contributed by atoms with van der Waals surface area (Å²) in [6, 6.07) is 3.34. The summed E-state index contributed by atoms with van der Waals surface area (Å²) in [6.45, 7) is 2.13. The normalized spacial score (nSPS) is 10.9. The van der Waals surface area contributed by atoms with E-state index in [0.29, 0.717) is 12.2 Å². The monoisotopic (exact) mass is 271 g/mol. The predicted octanol–water partition coefficient (Wildman–Crippen LogP) is 3.21. The first-order valence-electron chi connectivity index (χ1n) is 5.63. The zero-order valence-electron chi connectivity index (χ0n) is 9.83. The molecule has 0 radical (unpaired) electrons. The van der Waals surface area contributed by atoms with Gasteiger partial charge < -0.3 is 0 Å². The second-order valence-corrected chi connectivity index (χ2v) is 4.30. The minimum absolute atomic E-state index is 0.130. The highest BCUT2D eigenvalue weighted by Gasteiger charge is 2.12. The third-order valence-corrected chi connectivity index (χ3v) is 2.87. The zero-order chi connectivity index (χ0) is 13.1. The molecule has 0 saturated carbocycles. The number of rotatable bonds is 4. The van der Waals surface area contributed by atoms with Crippen LogP contribution in [0.4, 0.5) is 8.78 Å². The molecule has 0 bridgehead atoms. The van der Waals surface area contributed by atoms with Crippen LogP contribution in [-0.2, 0) is 13.0 Å². The van der Waals surface area contributed by atoms with Crippen LogP contribution in [0.25, 0.3) is 0 Å². The third-order valence-electron chi connectivity index (χ3n) is 2.59. The van der Waals surface area contributed by atoms with Crippen LogP contribution in [0.3, 0.4) is 0 Å². The van der Waals surface area contributed by atoms with Crippen LogP contribution in [0.2, 0.25) is 5.28 Å². The molecule has 0 atom stereocenters. The molecule has 0 N–H and O–H groups in total. The number of nitrogens with zero attached hydrogens (tertiary/aromatic N) is 3. The Bertz CT molecular complexity index is 554. The lowest BCUT2D eigenvalue weighted by molar-refractivity contribution is 0.572. The first-order valence-corrected chi connectivity index (χ1v) is 6.01. The molecule has 1 aromatic heterocycles. The van der Waals surface area contributed by atoms with E-state index in [0.717, 1.165) is 24.6 Å². The largest absolute Gasteiger partial charge is 0.297 e. The molecule has 2 aromatic rings. The van der Waals surface area contributed by atoms with Crippen molar-refractivity contribution in [1.82, 2.24) is 14.8 Å². The number of hydrogen-bond donors (Lipinski definition) is 0. The highest BCUT2D eigenvalue weighted by atomic mass is 35.5. The summed E-state index contributed by atoms with van der Waals surface area (Å²) in [7, 11) is 0. The van der Waals surface area contributed by atoms with Crippen molar-refractivity contribution in [2.75, 3.05) is 0 Å². The minimum Gasteiger partial charge on any atom is -0.297 e.